The van der Waals surface area contributed by atoms with Crippen LogP contribution in [0.2, 0.25) is 0 Å². The van der Waals surface area contributed by atoms with E-state index in [4.69, 9.17) is 0 Å². The van der Waals surface area contributed by atoms with Crippen LogP contribution >= 0.6 is 0 Å². The van der Waals surface area contributed by atoms with Gasteiger partial charge in [-0.15, -0.1) is 0 Å². The number of benzene rings is 2. The van der Waals surface area contributed by atoms with Gasteiger partial charge in [-0.2, -0.15) is 0 Å². The molecule has 3 rings (SSSR count). The van der Waals surface area contributed by atoms with Crippen molar-refractivity contribution in [2.75, 3.05) is 24.4 Å². The third kappa shape index (κ3) is 3.31. The molecule has 1 N–H and O–H groups in total. The number of carbonyl (C=O) groups excluding carboxylic acids is 3. The lowest BCUT2D eigenvalue weighted by molar-refractivity contribution is -0.132. The van der Waals surface area contributed by atoms with E-state index in [9.17, 15) is 14.4 Å². The highest BCUT2D eigenvalue weighted by molar-refractivity contribution is 6.17. The van der Waals surface area contributed by atoms with E-state index in [1.807, 2.05) is 30.3 Å². The number of para-hydroxylation sites is 1. The van der Waals surface area contributed by atoms with Crippen molar-refractivity contribution in [2.24, 2.45) is 5.41 Å². The molecule has 2 aromatic rings. The van der Waals surface area contributed by atoms with Gasteiger partial charge >= 0.3 is 5.97 Å². The second kappa shape index (κ2) is 7.00. The minimum atomic E-state index is -1.02. The van der Waals surface area contributed by atoms with Crippen molar-refractivity contribution in [1.82, 2.24) is 0 Å². The zero-order valence-corrected chi connectivity index (χ0v) is 14.7. The molecule has 0 saturated heterocycles. The average molecular weight is 352 g/mol. The highest BCUT2D eigenvalue weighted by Gasteiger charge is 2.57. The number of anilines is 2. The molecule has 0 atom stereocenters. The summed E-state index contributed by atoms with van der Waals surface area (Å²) < 4.78 is 4.64. The Morgan fingerprint density at radius 1 is 1.00 bits per heavy atom. The molecule has 1 aliphatic carbocycles. The molecule has 0 heterocycles. The molecule has 1 saturated carbocycles. The van der Waals surface area contributed by atoms with E-state index in [-0.39, 0.29) is 11.8 Å². The van der Waals surface area contributed by atoms with Crippen LogP contribution in [-0.2, 0) is 14.3 Å². The maximum Gasteiger partial charge on any atom is 0.337 e. The van der Waals surface area contributed by atoms with Crippen molar-refractivity contribution in [3.05, 3.63) is 60.2 Å². The maximum absolute atomic E-state index is 12.8. The highest BCUT2D eigenvalue weighted by Crippen LogP contribution is 2.48. The van der Waals surface area contributed by atoms with Crippen LogP contribution < -0.4 is 10.2 Å². The first-order valence-electron chi connectivity index (χ1n) is 8.31. The number of hydrogen-bond acceptors (Lipinski definition) is 4. The van der Waals surface area contributed by atoms with Crippen LogP contribution in [-0.4, -0.2) is 31.9 Å². The van der Waals surface area contributed by atoms with Gasteiger partial charge in [-0.05, 0) is 49.2 Å². The number of ether oxygens (including phenoxy) is 1. The third-order valence-corrected chi connectivity index (χ3v) is 4.61. The average Bonchev–Trinajstić information content (AvgIpc) is 3.49. The summed E-state index contributed by atoms with van der Waals surface area (Å²) in [5, 5.41) is 2.78. The first kappa shape index (κ1) is 17.7. The standard InChI is InChI=1S/C20H20N2O4/c1-22(16-6-4-3-5-7-16)19(25)20(12-13-20)18(24)21-15-10-8-14(9-11-15)17(23)26-2/h3-11H,12-13H2,1-2H3,(H,21,24). The molecule has 1 aliphatic rings. The molecule has 0 radical (unpaired) electrons. The predicted molar refractivity (Wildman–Crippen MR) is 97.9 cm³/mol. The summed E-state index contributed by atoms with van der Waals surface area (Å²) in [4.78, 5) is 38.5. The van der Waals surface area contributed by atoms with E-state index in [0.717, 1.165) is 5.69 Å². The van der Waals surface area contributed by atoms with Gasteiger partial charge in [0.15, 0.2) is 0 Å². The predicted octanol–water partition coefficient (Wildman–Crippen LogP) is 2.85. The van der Waals surface area contributed by atoms with Gasteiger partial charge in [0.2, 0.25) is 11.8 Å². The van der Waals surface area contributed by atoms with Crippen molar-refractivity contribution in [3.8, 4) is 0 Å². The normalized spacial score (nSPS) is 14.2. The number of rotatable bonds is 5. The van der Waals surface area contributed by atoms with Crippen LogP contribution in [0.4, 0.5) is 11.4 Å². The summed E-state index contributed by atoms with van der Waals surface area (Å²) in [5.74, 6) is -0.982. The fraction of sp³-hybridized carbons (Fsp3) is 0.250. The molecule has 6 heteroatoms. The Morgan fingerprint density at radius 2 is 1.62 bits per heavy atom. The number of hydrogen-bond donors (Lipinski definition) is 1. The van der Waals surface area contributed by atoms with E-state index >= 15 is 0 Å². The number of nitrogens with one attached hydrogen (secondary N) is 1. The number of methoxy groups -OCH3 is 1. The summed E-state index contributed by atoms with van der Waals surface area (Å²) in [6.07, 6.45) is 1.05. The molecule has 26 heavy (non-hydrogen) atoms. The second-order valence-electron chi connectivity index (χ2n) is 6.30. The van der Waals surface area contributed by atoms with Gasteiger partial charge in [-0.3, -0.25) is 9.59 Å². The number of esters is 1. The molecule has 6 nitrogen and oxygen atoms in total. The Kier molecular flexibility index (Phi) is 4.75. The number of nitrogens with zero attached hydrogens (tertiary/aromatic N) is 1. The Labute approximate surface area is 151 Å². The van der Waals surface area contributed by atoms with Crippen molar-refractivity contribution in [1.29, 1.82) is 0 Å². The monoisotopic (exact) mass is 352 g/mol. The fourth-order valence-electron chi connectivity index (χ4n) is 2.81. The van der Waals surface area contributed by atoms with Gasteiger partial charge in [0, 0.05) is 18.4 Å². The highest BCUT2D eigenvalue weighted by atomic mass is 16.5. The third-order valence-electron chi connectivity index (χ3n) is 4.61. The molecule has 0 unspecified atom stereocenters. The summed E-state index contributed by atoms with van der Waals surface area (Å²) in [5.41, 5.74) is 0.653. The first-order chi connectivity index (χ1) is 12.5. The molecule has 2 amide bonds. The van der Waals surface area contributed by atoms with Gasteiger partial charge < -0.3 is 15.0 Å². The lowest BCUT2D eigenvalue weighted by atomic mass is 10.0. The summed E-state index contributed by atoms with van der Waals surface area (Å²) in [7, 11) is 2.99. The van der Waals surface area contributed by atoms with Crippen molar-refractivity contribution in [3.63, 3.8) is 0 Å². The molecule has 134 valence electrons. The zero-order chi connectivity index (χ0) is 18.7. The van der Waals surface area contributed by atoms with Crippen LogP contribution in [0.1, 0.15) is 23.2 Å². The molecule has 0 bridgehead atoms. The Bertz CT molecular complexity index is 827. The van der Waals surface area contributed by atoms with E-state index in [0.29, 0.717) is 24.1 Å². The maximum atomic E-state index is 12.8. The fourth-order valence-corrected chi connectivity index (χ4v) is 2.81. The first-order valence-corrected chi connectivity index (χ1v) is 8.31. The van der Waals surface area contributed by atoms with Crippen LogP contribution in [0.5, 0.6) is 0 Å². The molecule has 2 aromatic carbocycles. The van der Waals surface area contributed by atoms with Crippen molar-refractivity contribution < 1.29 is 19.1 Å². The van der Waals surface area contributed by atoms with Gasteiger partial charge in [-0.1, -0.05) is 18.2 Å². The SMILES string of the molecule is COC(=O)c1ccc(NC(=O)C2(C(=O)N(C)c3ccccc3)CC2)cc1. The number of carbonyl (C=O) groups is 3. The van der Waals surface area contributed by atoms with Crippen molar-refractivity contribution >= 4 is 29.2 Å². The summed E-state index contributed by atoms with van der Waals surface area (Å²) in [6.45, 7) is 0. The Hall–Kier alpha value is -3.15. The minimum Gasteiger partial charge on any atom is -0.465 e. The van der Waals surface area contributed by atoms with Gasteiger partial charge in [0.1, 0.15) is 5.41 Å². The van der Waals surface area contributed by atoms with Crippen LogP contribution in [0.25, 0.3) is 0 Å². The topological polar surface area (TPSA) is 75.7 Å². The van der Waals surface area contributed by atoms with Crippen LogP contribution in [0, 0.1) is 5.41 Å². The van der Waals surface area contributed by atoms with Crippen LogP contribution in [0.3, 0.4) is 0 Å². The van der Waals surface area contributed by atoms with E-state index < -0.39 is 11.4 Å². The lowest BCUT2D eigenvalue weighted by Gasteiger charge is -2.23. The van der Waals surface area contributed by atoms with E-state index in [1.165, 1.54) is 12.0 Å². The summed E-state index contributed by atoms with van der Waals surface area (Å²) in [6, 6.07) is 15.6. The number of amides is 2. The summed E-state index contributed by atoms with van der Waals surface area (Å²) >= 11 is 0. The Balaban J connectivity index is 1.71. The van der Waals surface area contributed by atoms with E-state index in [1.54, 1.807) is 31.3 Å². The quantitative estimate of drug-likeness (QED) is 0.663. The van der Waals surface area contributed by atoms with Crippen LogP contribution in [0.15, 0.2) is 54.6 Å². The van der Waals surface area contributed by atoms with Gasteiger partial charge in [0.25, 0.3) is 0 Å². The molecule has 0 aromatic heterocycles. The molecule has 0 aliphatic heterocycles. The van der Waals surface area contributed by atoms with E-state index in [2.05, 4.69) is 10.1 Å². The lowest BCUT2D eigenvalue weighted by Crippen LogP contribution is -2.41. The molecular weight excluding hydrogens is 332 g/mol. The second-order valence-corrected chi connectivity index (χ2v) is 6.30. The minimum absolute atomic E-state index is 0.215. The zero-order valence-electron chi connectivity index (χ0n) is 14.7. The van der Waals surface area contributed by atoms with Gasteiger partial charge in [-0.25, -0.2) is 4.79 Å². The van der Waals surface area contributed by atoms with Gasteiger partial charge in [0.05, 0.1) is 12.7 Å². The van der Waals surface area contributed by atoms with Crippen molar-refractivity contribution in [2.45, 2.75) is 12.8 Å². The smallest absolute Gasteiger partial charge is 0.337 e. The largest absolute Gasteiger partial charge is 0.465 e. The molecular formula is C20H20N2O4. The Morgan fingerprint density at radius 3 is 2.15 bits per heavy atom. The molecule has 0 spiro atoms. The molecule has 1 fully saturated rings.